The molecule has 0 unspecified atom stereocenters. The van der Waals surface area contributed by atoms with Gasteiger partial charge in [0.05, 0.1) is 11.4 Å². The minimum atomic E-state index is -0.267. The molecule has 0 saturated heterocycles. The molecule has 0 aromatic heterocycles. The maximum absolute atomic E-state index is 12.4. The van der Waals surface area contributed by atoms with E-state index in [-0.39, 0.29) is 24.3 Å². The largest absolute Gasteiger partial charge is 0.324 e. The molecule has 2 amide bonds. The van der Waals surface area contributed by atoms with Gasteiger partial charge >= 0.3 is 0 Å². The van der Waals surface area contributed by atoms with Gasteiger partial charge in [0.25, 0.3) is 0 Å². The van der Waals surface area contributed by atoms with Crippen LogP contribution in [-0.4, -0.2) is 17.9 Å². The smallest absolute Gasteiger partial charge is 0.236 e. The van der Waals surface area contributed by atoms with Crippen LogP contribution < -0.4 is 10.2 Å². The zero-order valence-electron chi connectivity index (χ0n) is 11.2. The van der Waals surface area contributed by atoms with Crippen molar-refractivity contribution < 1.29 is 9.59 Å². The summed E-state index contributed by atoms with van der Waals surface area (Å²) in [6.07, 6.45) is 5.41. The number of carbonyl (C=O) groups is 2. The van der Waals surface area contributed by atoms with Gasteiger partial charge in [-0.05, 0) is 31.0 Å². The second kappa shape index (κ2) is 5.44. The van der Waals surface area contributed by atoms with Gasteiger partial charge in [-0.2, -0.15) is 0 Å². The van der Waals surface area contributed by atoms with Crippen molar-refractivity contribution in [3.8, 4) is 0 Å². The zero-order chi connectivity index (χ0) is 14.1. The summed E-state index contributed by atoms with van der Waals surface area (Å²) in [7, 11) is 0. The third-order valence-corrected chi connectivity index (χ3v) is 4.25. The Balaban J connectivity index is 2.03. The second-order valence-electron chi connectivity index (χ2n) is 5.44. The summed E-state index contributed by atoms with van der Waals surface area (Å²) < 4.78 is 0. The molecule has 3 rings (SSSR count). The van der Waals surface area contributed by atoms with Gasteiger partial charge in [0, 0.05) is 11.1 Å². The van der Waals surface area contributed by atoms with Gasteiger partial charge in [-0.3, -0.25) is 9.59 Å². The molecule has 4 nitrogen and oxygen atoms in total. The Morgan fingerprint density at radius 2 is 1.90 bits per heavy atom. The van der Waals surface area contributed by atoms with Crippen LogP contribution in [0.4, 0.5) is 11.4 Å². The molecule has 20 heavy (non-hydrogen) atoms. The van der Waals surface area contributed by atoms with E-state index in [0.29, 0.717) is 10.7 Å². The molecule has 1 fully saturated rings. The maximum atomic E-state index is 12.4. The van der Waals surface area contributed by atoms with Crippen LogP contribution in [0.15, 0.2) is 18.2 Å². The molecule has 106 valence electrons. The van der Waals surface area contributed by atoms with Crippen LogP contribution in [0.2, 0.25) is 5.02 Å². The first-order chi connectivity index (χ1) is 9.65. The number of carbonyl (C=O) groups excluding carboxylic acids is 2. The first kappa shape index (κ1) is 13.4. The topological polar surface area (TPSA) is 49.4 Å². The van der Waals surface area contributed by atoms with E-state index in [0.717, 1.165) is 31.4 Å². The lowest BCUT2D eigenvalue weighted by molar-refractivity contribution is -0.125. The number of amides is 2. The Kier molecular flexibility index (Phi) is 3.66. The zero-order valence-corrected chi connectivity index (χ0v) is 11.9. The van der Waals surface area contributed by atoms with Crippen LogP contribution in [0.5, 0.6) is 0 Å². The van der Waals surface area contributed by atoms with E-state index in [1.807, 2.05) is 11.0 Å². The molecule has 1 aromatic rings. The lowest BCUT2D eigenvalue weighted by Gasteiger charge is -2.34. The van der Waals surface area contributed by atoms with Crippen LogP contribution in [0.25, 0.3) is 0 Å². The first-order valence-electron chi connectivity index (χ1n) is 7.06. The fraction of sp³-hybridized carbons (Fsp3) is 0.467. The molecule has 0 radical (unpaired) electrons. The van der Waals surface area contributed by atoms with Crippen molar-refractivity contribution in [1.29, 1.82) is 0 Å². The molecule has 0 bridgehead atoms. The van der Waals surface area contributed by atoms with Crippen LogP contribution in [-0.2, 0) is 9.59 Å². The Morgan fingerprint density at radius 3 is 2.65 bits per heavy atom. The predicted octanol–water partition coefficient (Wildman–Crippen LogP) is 3.35. The summed E-state index contributed by atoms with van der Waals surface area (Å²) in [5.41, 5.74) is 1.41. The van der Waals surface area contributed by atoms with E-state index in [1.54, 1.807) is 12.1 Å². The Labute approximate surface area is 123 Å². The highest BCUT2D eigenvalue weighted by atomic mass is 35.5. The van der Waals surface area contributed by atoms with Gasteiger partial charge in [-0.15, -0.1) is 0 Å². The van der Waals surface area contributed by atoms with E-state index >= 15 is 0 Å². The lowest BCUT2D eigenvalue weighted by Crippen LogP contribution is -2.41. The van der Waals surface area contributed by atoms with Crippen LogP contribution in [0, 0.1) is 0 Å². The third kappa shape index (κ3) is 2.52. The van der Waals surface area contributed by atoms with Gasteiger partial charge in [-0.25, -0.2) is 0 Å². The first-order valence-corrected chi connectivity index (χ1v) is 7.44. The Morgan fingerprint density at radius 1 is 1.15 bits per heavy atom. The fourth-order valence-corrected chi connectivity index (χ4v) is 3.28. The number of hydrogen-bond acceptors (Lipinski definition) is 2. The third-order valence-electron chi connectivity index (χ3n) is 4.01. The molecule has 1 heterocycles. The minimum Gasteiger partial charge on any atom is -0.324 e. The number of nitrogens with zero attached hydrogens (tertiary/aromatic N) is 1. The number of fused-ring (bicyclic) bond motifs is 1. The molecule has 1 aliphatic carbocycles. The van der Waals surface area contributed by atoms with Gasteiger partial charge in [-0.1, -0.05) is 30.9 Å². The number of hydrogen-bond donors (Lipinski definition) is 1. The van der Waals surface area contributed by atoms with Gasteiger partial charge < -0.3 is 10.2 Å². The molecule has 2 aliphatic rings. The molecule has 5 heteroatoms. The lowest BCUT2D eigenvalue weighted by atomic mass is 9.93. The van der Waals surface area contributed by atoms with Crippen molar-refractivity contribution >= 4 is 34.8 Å². The van der Waals surface area contributed by atoms with Crippen molar-refractivity contribution in [2.24, 2.45) is 0 Å². The summed E-state index contributed by atoms with van der Waals surface area (Å²) in [5.74, 6) is -0.382. The summed E-state index contributed by atoms with van der Waals surface area (Å²) in [6, 6.07) is 5.50. The Bertz CT molecular complexity index is 553. The van der Waals surface area contributed by atoms with Gasteiger partial charge in [0.1, 0.15) is 6.42 Å². The molecule has 1 aromatic carbocycles. The van der Waals surface area contributed by atoms with Crippen molar-refractivity contribution in [3.05, 3.63) is 23.2 Å². The summed E-state index contributed by atoms with van der Waals surface area (Å²) in [4.78, 5) is 26.0. The molecule has 1 saturated carbocycles. The average Bonchev–Trinajstić information content (AvgIpc) is 2.54. The molecular weight excluding hydrogens is 276 g/mol. The summed E-state index contributed by atoms with van der Waals surface area (Å²) >= 11 is 5.99. The summed E-state index contributed by atoms with van der Waals surface area (Å²) in [6.45, 7) is 0. The number of nitrogens with one attached hydrogen (secondary N) is 1. The van der Waals surface area contributed by atoms with Crippen LogP contribution in [0.1, 0.15) is 38.5 Å². The normalized spacial score (nSPS) is 20.4. The second-order valence-corrected chi connectivity index (χ2v) is 5.88. The van der Waals surface area contributed by atoms with Gasteiger partial charge in [0.15, 0.2) is 0 Å². The molecule has 1 aliphatic heterocycles. The molecule has 0 spiro atoms. The molecule has 1 N–H and O–H groups in total. The molecular formula is C15H17ClN2O2. The number of halogens is 1. The SMILES string of the molecule is O=C1CC(=O)N(C2CCCCC2)c2ccc(Cl)cc2N1. The van der Waals surface area contributed by atoms with Crippen molar-refractivity contribution in [3.63, 3.8) is 0 Å². The van der Waals surface area contributed by atoms with Gasteiger partial charge in [0.2, 0.25) is 11.8 Å². The number of benzene rings is 1. The highest BCUT2D eigenvalue weighted by Crippen LogP contribution is 2.36. The standard InChI is InChI=1S/C15H17ClN2O2/c16-10-6-7-13-12(8-10)17-14(19)9-15(20)18(13)11-4-2-1-3-5-11/h6-8,11H,1-5,9H2,(H,17,19). The van der Waals surface area contributed by atoms with E-state index < -0.39 is 0 Å². The highest BCUT2D eigenvalue weighted by Gasteiger charge is 2.32. The van der Waals surface area contributed by atoms with Crippen LogP contribution >= 0.6 is 11.6 Å². The fourth-order valence-electron chi connectivity index (χ4n) is 3.11. The van der Waals surface area contributed by atoms with Crippen molar-refractivity contribution in [1.82, 2.24) is 0 Å². The minimum absolute atomic E-state index is 0.0944. The van der Waals surface area contributed by atoms with Crippen LogP contribution in [0.3, 0.4) is 0 Å². The van der Waals surface area contributed by atoms with E-state index in [9.17, 15) is 9.59 Å². The monoisotopic (exact) mass is 292 g/mol. The van der Waals surface area contributed by atoms with Crippen molar-refractivity contribution in [2.75, 3.05) is 10.2 Å². The van der Waals surface area contributed by atoms with Crippen molar-refractivity contribution in [2.45, 2.75) is 44.6 Å². The maximum Gasteiger partial charge on any atom is 0.236 e. The Hall–Kier alpha value is -1.55. The number of anilines is 2. The van der Waals surface area contributed by atoms with E-state index in [4.69, 9.17) is 11.6 Å². The van der Waals surface area contributed by atoms with E-state index in [1.165, 1.54) is 6.42 Å². The quantitative estimate of drug-likeness (QED) is 0.807. The predicted molar refractivity (Wildman–Crippen MR) is 79.1 cm³/mol. The summed E-state index contributed by atoms with van der Waals surface area (Å²) in [5, 5.41) is 3.33. The van der Waals surface area contributed by atoms with E-state index in [2.05, 4.69) is 5.32 Å². The average molecular weight is 293 g/mol. The molecule has 0 atom stereocenters. The highest BCUT2D eigenvalue weighted by molar-refractivity contribution is 6.31. The number of rotatable bonds is 1.